The zero-order chi connectivity index (χ0) is 16.1. The number of nitrogens with two attached hydrogens (primary N) is 3. The Labute approximate surface area is 130 Å². The predicted molar refractivity (Wildman–Crippen MR) is 77.4 cm³/mol. The Hall–Kier alpha value is -1.56. The molecule has 0 aliphatic carbocycles. The summed E-state index contributed by atoms with van der Waals surface area (Å²) in [7, 11) is 1.40. The third-order valence-electron chi connectivity index (χ3n) is 3.60. The first-order valence-corrected chi connectivity index (χ1v) is 6.82. The number of hydrogen-bond donors (Lipinski definition) is 4. The molecule has 0 bridgehead atoms. The van der Waals surface area contributed by atoms with Gasteiger partial charge in [0.15, 0.2) is 11.5 Å². The van der Waals surface area contributed by atoms with Crippen molar-refractivity contribution in [3.63, 3.8) is 0 Å². The molecule has 0 spiro atoms. The van der Waals surface area contributed by atoms with Crippen LogP contribution in [0.2, 0.25) is 5.28 Å². The van der Waals surface area contributed by atoms with Gasteiger partial charge in [-0.05, 0) is 11.6 Å². The van der Waals surface area contributed by atoms with E-state index < -0.39 is 24.3 Å². The average Bonchev–Trinajstić information content (AvgIpc) is 2.98. The van der Waals surface area contributed by atoms with Crippen LogP contribution in [0.3, 0.4) is 0 Å². The van der Waals surface area contributed by atoms with Gasteiger partial charge >= 0.3 is 0 Å². The number of rotatable bonds is 3. The molecule has 0 aromatic carbocycles. The van der Waals surface area contributed by atoms with Gasteiger partial charge in [0.2, 0.25) is 5.28 Å². The van der Waals surface area contributed by atoms with E-state index in [1.165, 1.54) is 13.4 Å². The van der Waals surface area contributed by atoms with Crippen molar-refractivity contribution in [1.82, 2.24) is 19.5 Å². The van der Waals surface area contributed by atoms with E-state index in [1.807, 2.05) is 0 Å². The molecule has 0 saturated carbocycles. The molecule has 0 radical (unpaired) electrons. The third kappa shape index (κ3) is 2.39. The Balaban J connectivity index is 1.99. The largest absolute Gasteiger partial charge is 0.382 e. The number of nitrogen functional groups attached to an aromatic ring is 1. The van der Waals surface area contributed by atoms with Crippen LogP contribution >= 0.6 is 11.6 Å². The molecule has 120 valence electrons. The lowest BCUT2D eigenvalue weighted by molar-refractivity contribution is -0.122. The van der Waals surface area contributed by atoms with Crippen LogP contribution in [0, 0.1) is 0 Å². The molecule has 1 aliphatic rings. The predicted octanol–water partition coefficient (Wildman–Crippen LogP) is -1.07. The summed E-state index contributed by atoms with van der Waals surface area (Å²) in [4.78, 5) is 12.0. The fourth-order valence-corrected chi connectivity index (χ4v) is 2.67. The topological polar surface area (TPSA) is 160 Å². The van der Waals surface area contributed by atoms with Gasteiger partial charge in [-0.25, -0.2) is 4.98 Å². The normalized spacial score (nSPS) is 30.0. The number of ether oxygens (including phenoxy) is 2. The Morgan fingerprint density at radius 2 is 2.32 bits per heavy atom. The second kappa shape index (κ2) is 5.26. The van der Waals surface area contributed by atoms with Gasteiger partial charge in [0.1, 0.15) is 29.8 Å². The van der Waals surface area contributed by atoms with E-state index in [4.69, 9.17) is 38.3 Å². The summed E-state index contributed by atoms with van der Waals surface area (Å²) >= 11 is 5.82. The number of aliphatic hydroxyl groups is 1. The maximum Gasteiger partial charge on any atom is 0.226 e. The monoisotopic (exact) mass is 329 g/mol. The molecule has 2 aromatic rings. The maximum absolute atomic E-state index is 10.3. The van der Waals surface area contributed by atoms with Gasteiger partial charge in [0.25, 0.3) is 0 Å². The van der Waals surface area contributed by atoms with Crippen molar-refractivity contribution in [3.8, 4) is 0 Å². The highest BCUT2D eigenvalue weighted by atomic mass is 35.5. The zero-order valence-electron chi connectivity index (χ0n) is 11.7. The van der Waals surface area contributed by atoms with Crippen molar-refractivity contribution in [2.24, 2.45) is 11.5 Å². The van der Waals surface area contributed by atoms with Crippen molar-refractivity contribution in [2.45, 2.75) is 30.7 Å². The minimum Gasteiger partial charge on any atom is -0.382 e. The molecule has 11 heteroatoms. The Kier molecular flexibility index (Phi) is 3.67. The van der Waals surface area contributed by atoms with Gasteiger partial charge in [0, 0.05) is 13.5 Å². The smallest absolute Gasteiger partial charge is 0.226 e. The van der Waals surface area contributed by atoms with Gasteiger partial charge < -0.3 is 31.8 Å². The number of nitrogens with zero attached hydrogens (tertiary/aromatic N) is 4. The Morgan fingerprint density at radius 3 is 3.00 bits per heavy atom. The Bertz CT molecular complexity index is 706. The summed E-state index contributed by atoms with van der Waals surface area (Å²) in [5, 5.41) is 10.3. The zero-order valence-corrected chi connectivity index (χ0v) is 12.4. The molecule has 1 aliphatic heterocycles. The SMILES string of the molecule is COC(N)[C@H]1O[C@@H](n2cnc3c(N)nc(Cl)nc32)C[C@]1(N)O. The summed E-state index contributed by atoms with van der Waals surface area (Å²) < 4.78 is 12.3. The fourth-order valence-electron chi connectivity index (χ4n) is 2.50. The number of anilines is 1. The van der Waals surface area contributed by atoms with Crippen LogP contribution in [-0.4, -0.2) is 49.8 Å². The van der Waals surface area contributed by atoms with Gasteiger partial charge in [-0.2, -0.15) is 9.97 Å². The average molecular weight is 330 g/mol. The van der Waals surface area contributed by atoms with Crippen LogP contribution in [0.25, 0.3) is 11.2 Å². The second-order valence-electron chi connectivity index (χ2n) is 5.11. The molecular weight excluding hydrogens is 314 g/mol. The second-order valence-corrected chi connectivity index (χ2v) is 5.45. The molecule has 0 amide bonds. The summed E-state index contributed by atoms with van der Waals surface area (Å²) in [5.74, 6) is 0.153. The molecule has 22 heavy (non-hydrogen) atoms. The molecule has 1 unspecified atom stereocenters. The molecule has 3 heterocycles. The van der Waals surface area contributed by atoms with E-state index in [-0.39, 0.29) is 17.5 Å². The van der Waals surface area contributed by atoms with Crippen molar-refractivity contribution in [2.75, 3.05) is 12.8 Å². The summed E-state index contributed by atoms with van der Waals surface area (Å²) in [6, 6.07) is 0. The third-order valence-corrected chi connectivity index (χ3v) is 3.77. The summed E-state index contributed by atoms with van der Waals surface area (Å²) in [5.41, 5.74) is 16.5. The van der Waals surface area contributed by atoms with E-state index in [9.17, 15) is 5.11 Å². The van der Waals surface area contributed by atoms with E-state index in [0.29, 0.717) is 11.2 Å². The summed E-state index contributed by atoms with van der Waals surface area (Å²) in [6.07, 6.45) is -0.890. The number of imidazole rings is 1. The van der Waals surface area contributed by atoms with Gasteiger partial charge in [0.05, 0.1) is 6.33 Å². The number of hydrogen-bond acceptors (Lipinski definition) is 9. The van der Waals surface area contributed by atoms with Crippen molar-refractivity contribution < 1.29 is 14.6 Å². The molecule has 4 atom stereocenters. The van der Waals surface area contributed by atoms with Crippen LogP contribution in [-0.2, 0) is 9.47 Å². The molecule has 1 saturated heterocycles. The van der Waals surface area contributed by atoms with Gasteiger partial charge in [-0.15, -0.1) is 0 Å². The number of methoxy groups -OCH3 is 1. The van der Waals surface area contributed by atoms with E-state index in [0.717, 1.165) is 0 Å². The lowest BCUT2D eigenvalue weighted by Crippen LogP contribution is -2.55. The summed E-state index contributed by atoms with van der Waals surface area (Å²) in [6.45, 7) is 0. The minimum atomic E-state index is -1.65. The first kappa shape index (κ1) is 15.3. The van der Waals surface area contributed by atoms with Crippen LogP contribution < -0.4 is 17.2 Å². The highest BCUT2D eigenvalue weighted by Gasteiger charge is 2.49. The van der Waals surface area contributed by atoms with Crippen molar-refractivity contribution in [1.29, 1.82) is 0 Å². The van der Waals surface area contributed by atoms with Crippen LogP contribution in [0.4, 0.5) is 5.82 Å². The standard InChI is InChI=1S/C11H16ClN7O3/c1-21-8(14)6-11(15,20)2-4(22-6)19-3-16-5-7(13)17-10(12)18-9(5)19/h3-4,6,8,20H,2,14-15H2,1H3,(H2,13,17,18)/t4-,6-,8?,11+/m1/s1. The van der Waals surface area contributed by atoms with Gasteiger partial charge in [-0.3, -0.25) is 4.57 Å². The molecule has 1 fully saturated rings. The van der Waals surface area contributed by atoms with E-state index in [2.05, 4.69) is 15.0 Å². The molecule has 2 aromatic heterocycles. The quantitative estimate of drug-likeness (QED) is 0.405. The lowest BCUT2D eigenvalue weighted by atomic mass is 10.1. The fraction of sp³-hybridized carbons (Fsp3) is 0.545. The van der Waals surface area contributed by atoms with Gasteiger partial charge in [-0.1, -0.05) is 0 Å². The highest BCUT2D eigenvalue weighted by molar-refractivity contribution is 6.28. The Morgan fingerprint density at radius 1 is 1.59 bits per heavy atom. The van der Waals surface area contributed by atoms with Crippen LogP contribution in [0.15, 0.2) is 6.33 Å². The first-order valence-electron chi connectivity index (χ1n) is 6.44. The highest BCUT2D eigenvalue weighted by Crippen LogP contribution is 2.36. The van der Waals surface area contributed by atoms with Crippen molar-refractivity contribution in [3.05, 3.63) is 11.6 Å². The molecule has 3 rings (SSSR count). The number of aromatic nitrogens is 4. The maximum atomic E-state index is 10.3. The molecule has 10 nitrogen and oxygen atoms in total. The van der Waals surface area contributed by atoms with Crippen LogP contribution in [0.1, 0.15) is 12.6 Å². The van der Waals surface area contributed by atoms with E-state index in [1.54, 1.807) is 4.57 Å². The first-order chi connectivity index (χ1) is 10.3. The van der Waals surface area contributed by atoms with Crippen molar-refractivity contribution >= 4 is 28.6 Å². The van der Waals surface area contributed by atoms with Crippen LogP contribution in [0.5, 0.6) is 0 Å². The molecule has 7 N–H and O–H groups in total. The lowest BCUT2D eigenvalue weighted by Gasteiger charge is -2.27. The minimum absolute atomic E-state index is 0.0158. The number of halogens is 1. The number of fused-ring (bicyclic) bond motifs is 1. The van der Waals surface area contributed by atoms with E-state index >= 15 is 0 Å². The molecular formula is C11H16ClN7O3.